The summed E-state index contributed by atoms with van der Waals surface area (Å²) in [6, 6.07) is 6.11. The minimum absolute atomic E-state index is 0.0855. The molecule has 3 aromatic rings. The van der Waals surface area contributed by atoms with E-state index in [0.717, 1.165) is 12.1 Å². The number of hydrogen-bond donors (Lipinski definition) is 2. The van der Waals surface area contributed by atoms with Crippen molar-refractivity contribution < 1.29 is 18.0 Å². The molecule has 2 N–H and O–H groups in total. The maximum absolute atomic E-state index is 13.4. The van der Waals surface area contributed by atoms with Crippen LogP contribution in [0.4, 0.5) is 14.5 Å². The number of benzene rings is 1. The molecule has 0 aliphatic rings. The smallest absolute Gasteiger partial charge is 0.272 e. The van der Waals surface area contributed by atoms with Crippen LogP contribution in [0.1, 0.15) is 10.5 Å². The van der Waals surface area contributed by atoms with Crippen LogP contribution in [0.25, 0.3) is 11.1 Å². The van der Waals surface area contributed by atoms with Gasteiger partial charge in [-0.25, -0.2) is 8.78 Å². The molecule has 1 aromatic carbocycles. The summed E-state index contributed by atoms with van der Waals surface area (Å²) in [4.78, 5) is 14.7. The third-order valence-corrected chi connectivity index (χ3v) is 2.66. The van der Waals surface area contributed by atoms with Gasteiger partial charge in [-0.2, -0.15) is 0 Å². The normalized spacial score (nSPS) is 10.8. The number of halogens is 2. The lowest BCUT2D eigenvalue weighted by molar-refractivity contribution is 0.102. The molecule has 0 atom stereocenters. The Kier molecular flexibility index (Phi) is 2.56. The van der Waals surface area contributed by atoms with Gasteiger partial charge < -0.3 is 14.7 Å². The van der Waals surface area contributed by atoms with Crippen LogP contribution < -0.4 is 5.32 Å². The van der Waals surface area contributed by atoms with E-state index in [2.05, 4.69) is 10.3 Å². The second kappa shape index (κ2) is 4.24. The van der Waals surface area contributed by atoms with E-state index in [1.807, 2.05) is 0 Å². The van der Waals surface area contributed by atoms with Crippen LogP contribution in [-0.2, 0) is 0 Å². The molecule has 0 aliphatic carbocycles. The van der Waals surface area contributed by atoms with Gasteiger partial charge in [0.15, 0.2) is 5.58 Å². The van der Waals surface area contributed by atoms with E-state index in [1.54, 1.807) is 6.07 Å². The van der Waals surface area contributed by atoms with Crippen molar-refractivity contribution in [1.29, 1.82) is 0 Å². The number of H-pyrrole nitrogens is 1. The van der Waals surface area contributed by atoms with Gasteiger partial charge in [-0.05, 0) is 12.1 Å². The fourth-order valence-corrected chi connectivity index (χ4v) is 1.75. The molecule has 2 heterocycles. The Labute approximate surface area is 106 Å². The molecular weight excluding hydrogens is 254 g/mol. The summed E-state index contributed by atoms with van der Waals surface area (Å²) in [6.07, 6.45) is 1.49. The predicted octanol–water partition coefficient (Wildman–Crippen LogP) is 3.29. The minimum Gasteiger partial charge on any atom is -0.463 e. The van der Waals surface area contributed by atoms with Gasteiger partial charge in [0, 0.05) is 18.2 Å². The molecule has 3 rings (SSSR count). The molecule has 0 fully saturated rings. The minimum atomic E-state index is -0.830. The lowest BCUT2D eigenvalue weighted by Gasteiger charge is -2.04. The summed E-state index contributed by atoms with van der Waals surface area (Å²) < 4.78 is 31.2. The monoisotopic (exact) mass is 262 g/mol. The Morgan fingerprint density at radius 3 is 2.79 bits per heavy atom. The quantitative estimate of drug-likeness (QED) is 0.744. The number of amides is 1. The lowest BCUT2D eigenvalue weighted by atomic mass is 10.3. The van der Waals surface area contributed by atoms with Crippen molar-refractivity contribution in [3.05, 3.63) is 53.9 Å². The Bertz CT molecular complexity index is 732. The summed E-state index contributed by atoms with van der Waals surface area (Å²) >= 11 is 0. The molecule has 1 amide bonds. The number of furan rings is 1. The van der Waals surface area contributed by atoms with Gasteiger partial charge in [0.05, 0.1) is 17.5 Å². The summed E-state index contributed by atoms with van der Waals surface area (Å²) in [5, 5.41) is 2.35. The van der Waals surface area contributed by atoms with E-state index in [1.165, 1.54) is 12.3 Å². The van der Waals surface area contributed by atoms with Gasteiger partial charge in [0.1, 0.15) is 17.3 Å². The second-order valence-corrected chi connectivity index (χ2v) is 3.96. The first kappa shape index (κ1) is 11.5. The highest BCUT2D eigenvalue weighted by molar-refractivity contribution is 6.05. The average Bonchev–Trinajstić information content (AvgIpc) is 2.93. The highest BCUT2D eigenvalue weighted by Gasteiger charge is 2.13. The van der Waals surface area contributed by atoms with Crippen LogP contribution in [0.15, 0.2) is 41.0 Å². The van der Waals surface area contributed by atoms with Crippen LogP contribution in [0.5, 0.6) is 0 Å². The van der Waals surface area contributed by atoms with Crippen LogP contribution in [-0.4, -0.2) is 10.9 Å². The van der Waals surface area contributed by atoms with Gasteiger partial charge in [-0.15, -0.1) is 0 Å². The van der Waals surface area contributed by atoms with E-state index in [0.29, 0.717) is 17.2 Å². The molecule has 4 nitrogen and oxygen atoms in total. The van der Waals surface area contributed by atoms with E-state index in [4.69, 9.17) is 4.42 Å². The standard InChI is InChI=1S/C13H8F2N2O2/c14-7-1-2-9(8(15)5-7)17-13(18)11-6-12-10(16-11)3-4-19-12/h1-6,16H,(H,17,18). The molecule has 0 radical (unpaired) electrons. The van der Waals surface area contributed by atoms with E-state index < -0.39 is 17.5 Å². The van der Waals surface area contributed by atoms with Crippen LogP contribution in [0.3, 0.4) is 0 Å². The van der Waals surface area contributed by atoms with Crippen LogP contribution in [0, 0.1) is 11.6 Å². The maximum atomic E-state index is 13.4. The van der Waals surface area contributed by atoms with Crippen molar-refractivity contribution in [3.8, 4) is 0 Å². The highest BCUT2D eigenvalue weighted by Crippen LogP contribution is 2.19. The van der Waals surface area contributed by atoms with Crippen LogP contribution in [0.2, 0.25) is 0 Å². The van der Waals surface area contributed by atoms with Gasteiger partial charge in [0.25, 0.3) is 5.91 Å². The molecule has 0 saturated heterocycles. The number of fused-ring (bicyclic) bond motifs is 1. The molecule has 0 aliphatic heterocycles. The highest BCUT2D eigenvalue weighted by atomic mass is 19.1. The Morgan fingerprint density at radius 1 is 1.21 bits per heavy atom. The molecule has 19 heavy (non-hydrogen) atoms. The number of hydrogen-bond acceptors (Lipinski definition) is 2. The second-order valence-electron chi connectivity index (χ2n) is 3.96. The Balaban J connectivity index is 1.86. The molecule has 0 saturated carbocycles. The number of nitrogens with one attached hydrogen (secondary N) is 2. The molecule has 0 bridgehead atoms. The maximum Gasteiger partial charge on any atom is 0.272 e. The largest absolute Gasteiger partial charge is 0.463 e. The number of aromatic nitrogens is 1. The molecule has 96 valence electrons. The number of rotatable bonds is 2. The number of aromatic amines is 1. The molecule has 6 heteroatoms. The van der Waals surface area contributed by atoms with Crippen molar-refractivity contribution in [2.45, 2.75) is 0 Å². The SMILES string of the molecule is O=C(Nc1ccc(F)cc1F)c1cc2occc2[nH]1. The van der Waals surface area contributed by atoms with Crippen molar-refractivity contribution in [2.75, 3.05) is 5.32 Å². The zero-order valence-corrected chi connectivity index (χ0v) is 9.54. The molecule has 0 spiro atoms. The zero-order chi connectivity index (χ0) is 13.4. The summed E-state index contributed by atoms with van der Waals surface area (Å²) in [7, 11) is 0. The first-order valence-corrected chi connectivity index (χ1v) is 5.46. The summed E-state index contributed by atoms with van der Waals surface area (Å²) in [6.45, 7) is 0. The average molecular weight is 262 g/mol. The fourth-order valence-electron chi connectivity index (χ4n) is 1.75. The van der Waals surface area contributed by atoms with Gasteiger partial charge in [-0.3, -0.25) is 4.79 Å². The van der Waals surface area contributed by atoms with Crippen molar-refractivity contribution in [1.82, 2.24) is 4.98 Å². The molecule has 2 aromatic heterocycles. The number of carbonyl (C=O) groups is 1. The summed E-state index contributed by atoms with van der Waals surface area (Å²) in [5.74, 6) is -2.06. The van der Waals surface area contributed by atoms with Gasteiger partial charge in [0.2, 0.25) is 0 Å². The first-order valence-electron chi connectivity index (χ1n) is 5.46. The van der Waals surface area contributed by atoms with Crippen molar-refractivity contribution in [3.63, 3.8) is 0 Å². The van der Waals surface area contributed by atoms with Gasteiger partial charge in [-0.1, -0.05) is 0 Å². The van der Waals surface area contributed by atoms with Crippen LogP contribution >= 0.6 is 0 Å². The molecule has 0 unspecified atom stereocenters. The first-order chi connectivity index (χ1) is 9.13. The third-order valence-electron chi connectivity index (χ3n) is 2.66. The van der Waals surface area contributed by atoms with E-state index in [9.17, 15) is 13.6 Å². The van der Waals surface area contributed by atoms with E-state index >= 15 is 0 Å². The topological polar surface area (TPSA) is 58.0 Å². The zero-order valence-electron chi connectivity index (χ0n) is 9.54. The number of carbonyl (C=O) groups excluding carboxylic acids is 1. The molecular formula is C13H8F2N2O2. The lowest BCUT2D eigenvalue weighted by Crippen LogP contribution is -2.13. The Morgan fingerprint density at radius 2 is 2.05 bits per heavy atom. The fraction of sp³-hybridized carbons (Fsp3) is 0. The van der Waals surface area contributed by atoms with Gasteiger partial charge >= 0.3 is 0 Å². The van der Waals surface area contributed by atoms with Crippen molar-refractivity contribution >= 4 is 22.7 Å². The third kappa shape index (κ3) is 2.08. The van der Waals surface area contributed by atoms with Crippen molar-refractivity contribution in [2.24, 2.45) is 0 Å². The Hall–Kier alpha value is -2.63. The predicted molar refractivity (Wildman–Crippen MR) is 64.9 cm³/mol. The number of anilines is 1. The van der Waals surface area contributed by atoms with E-state index in [-0.39, 0.29) is 11.4 Å². The summed E-state index contributed by atoms with van der Waals surface area (Å²) in [5.41, 5.74) is 1.35.